The molecule has 0 spiro atoms. The van der Waals surface area contributed by atoms with Crippen molar-refractivity contribution in [3.8, 4) is 11.7 Å². The van der Waals surface area contributed by atoms with Gasteiger partial charge in [-0.3, -0.25) is 0 Å². The number of hydrogen-bond donors (Lipinski definition) is 1. The van der Waals surface area contributed by atoms with Crippen molar-refractivity contribution in [2.45, 2.75) is 51.5 Å². The van der Waals surface area contributed by atoms with Crippen molar-refractivity contribution in [3.05, 3.63) is 23.4 Å². The van der Waals surface area contributed by atoms with E-state index in [9.17, 15) is 13.2 Å². The van der Waals surface area contributed by atoms with Crippen LogP contribution in [-0.4, -0.2) is 38.8 Å². The van der Waals surface area contributed by atoms with Gasteiger partial charge in [-0.1, -0.05) is 0 Å². The summed E-state index contributed by atoms with van der Waals surface area (Å²) in [5, 5.41) is 7.24. The van der Waals surface area contributed by atoms with E-state index in [-0.39, 0.29) is 30.5 Å². The molecule has 0 unspecified atom stereocenters. The maximum absolute atomic E-state index is 13.9. The summed E-state index contributed by atoms with van der Waals surface area (Å²) >= 11 is 0. The molecule has 1 N–H and O–H groups in total. The van der Waals surface area contributed by atoms with Crippen LogP contribution in [0.2, 0.25) is 0 Å². The lowest BCUT2D eigenvalue weighted by Crippen LogP contribution is -2.32. The Morgan fingerprint density at radius 1 is 1.28 bits per heavy atom. The average molecular weight is 355 g/mol. The largest absolute Gasteiger partial charge is 0.491 e. The third-order valence-corrected chi connectivity index (χ3v) is 4.41. The van der Waals surface area contributed by atoms with E-state index in [1.807, 2.05) is 0 Å². The van der Waals surface area contributed by atoms with Gasteiger partial charge in [0.05, 0.1) is 24.7 Å². The number of ether oxygens (including phenoxy) is 1. The zero-order valence-corrected chi connectivity index (χ0v) is 14.3. The average Bonchev–Trinajstić information content (AvgIpc) is 2.84. The molecule has 0 saturated heterocycles. The summed E-state index contributed by atoms with van der Waals surface area (Å²) in [6.45, 7) is 3.14. The van der Waals surface area contributed by atoms with Crippen LogP contribution in [0.5, 0.6) is 5.75 Å². The van der Waals surface area contributed by atoms with Crippen molar-refractivity contribution < 1.29 is 17.9 Å². The van der Waals surface area contributed by atoms with Crippen LogP contribution >= 0.6 is 0 Å². The molecule has 1 saturated carbocycles. The molecule has 25 heavy (non-hydrogen) atoms. The minimum absolute atomic E-state index is 0.131. The van der Waals surface area contributed by atoms with E-state index >= 15 is 0 Å². The second-order valence-corrected chi connectivity index (χ2v) is 6.26. The summed E-state index contributed by atoms with van der Waals surface area (Å²) in [4.78, 5) is 8.51. The monoisotopic (exact) mass is 355 g/mol. The fraction of sp³-hybridized carbons (Fsp3) is 0.562. The molecule has 0 bridgehead atoms. The van der Waals surface area contributed by atoms with Gasteiger partial charge in [-0.15, -0.1) is 0 Å². The van der Waals surface area contributed by atoms with Gasteiger partial charge in [0.15, 0.2) is 17.4 Å². The Morgan fingerprint density at radius 3 is 2.52 bits per heavy atom. The normalized spacial score (nSPS) is 17.5. The number of halogens is 3. The molecule has 1 aliphatic rings. The van der Waals surface area contributed by atoms with Gasteiger partial charge < -0.3 is 10.1 Å². The van der Waals surface area contributed by atoms with Gasteiger partial charge in [-0.05, 0) is 26.7 Å². The lowest BCUT2D eigenvalue weighted by atomic mass is 9.92. The van der Waals surface area contributed by atoms with E-state index in [0.717, 1.165) is 0 Å². The highest BCUT2D eigenvalue weighted by atomic mass is 19.3. The number of anilines is 1. The molecule has 0 radical (unpaired) electrons. The number of hydrogen-bond acceptors (Lipinski definition) is 5. The highest BCUT2D eigenvalue weighted by Crippen LogP contribution is 2.35. The molecule has 2 heterocycles. The van der Waals surface area contributed by atoms with Crippen molar-refractivity contribution in [2.75, 3.05) is 12.4 Å². The Labute approximate surface area is 143 Å². The van der Waals surface area contributed by atoms with Crippen LogP contribution in [0.4, 0.5) is 19.0 Å². The Morgan fingerprint density at radius 2 is 1.96 bits per heavy atom. The standard InChI is InChI=1S/C16H20F3N5O/c1-9-13(17)10(2)24(23-9)15-20-8-12(25-3)14(22-15)21-11-4-6-16(18,19)7-5-11/h8,11H,4-7H2,1-3H3,(H,20,21,22). The van der Waals surface area contributed by atoms with Gasteiger partial charge in [-0.25, -0.2) is 18.2 Å². The van der Waals surface area contributed by atoms with Crippen LogP contribution < -0.4 is 10.1 Å². The Balaban J connectivity index is 1.87. The van der Waals surface area contributed by atoms with Gasteiger partial charge in [0, 0.05) is 18.9 Å². The summed E-state index contributed by atoms with van der Waals surface area (Å²) in [5.74, 6) is -2.04. The third kappa shape index (κ3) is 3.54. The smallest absolute Gasteiger partial charge is 0.253 e. The maximum atomic E-state index is 13.9. The quantitative estimate of drug-likeness (QED) is 0.910. The number of nitrogens with zero attached hydrogens (tertiary/aromatic N) is 4. The second-order valence-electron chi connectivity index (χ2n) is 6.26. The molecule has 0 amide bonds. The third-order valence-electron chi connectivity index (χ3n) is 4.41. The highest BCUT2D eigenvalue weighted by Gasteiger charge is 2.35. The molecular formula is C16H20F3N5O. The van der Waals surface area contributed by atoms with Crippen molar-refractivity contribution >= 4 is 5.82 Å². The Bertz CT molecular complexity index is 767. The summed E-state index contributed by atoms with van der Waals surface area (Å²) < 4.78 is 47.0. The van der Waals surface area contributed by atoms with Crippen molar-refractivity contribution in [1.82, 2.24) is 19.7 Å². The molecule has 6 nitrogen and oxygen atoms in total. The minimum atomic E-state index is -2.60. The van der Waals surface area contributed by atoms with Crippen LogP contribution in [-0.2, 0) is 0 Å². The van der Waals surface area contributed by atoms with Crippen LogP contribution in [0, 0.1) is 19.7 Å². The zero-order chi connectivity index (χ0) is 18.2. The molecule has 9 heteroatoms. The maximum Gasteiger partial charge on any atom is 0.253 e. The van der Waals surface area contributed by atoms with E-state index in [0.29, 0.717) is 30.1 Å². The molecular weight excluding hydrogens is 335 g/mol. The van der Waals surface area contributed by atoms with E-state index in [2.05, 4.69) is 20.4 Å². The zero-order valence-electron chi connectivity index (χ0n) is 14.3. The van der Waals surface area contributed by atoms with Gasteiger partial charge >= 0.3 is 0 Å². The topological polar surface area (TPSA) is 64.9 Å². The predicted octanol–water partition coefficient (Wildman–Crippen LogP) is 3.42. The molecule has 1 fully saturated rings. The van der Waals surface area contributed by atoms with Crippen molar-refractivity contribution in [3.63, 3.8) is 0 Å². The fourth-order valence-electron chi connectivity index (χ4n) is 2.91. The van der Waals surface area contributed by atoms with E-state index < -0.39 is 11.7 Å². The first-order chi connectivity index (χ1) is 11.8. The molecule has 0 atom stereocenters. The van der Waals surface area contributed by atoms with E-state index in [4.69, 9.17) is 4.74 Å². The molecule has 0 aromatic carbocycles. The van der Waals surface area contributed by atoms with Crippen LogP contribution in [0.1, 0.15) is 37.1 Å². The first kappa shape index (κ1) is 17.5. The molecule has 3 rings (SSSR count). The second kappa shape index (κ2) is 6.53. The van der Waals surface area contributed by atoms with Gasteiger partial charge in [0.2, 0.25) is 5.92 Å². The summed E-state index contributed by atoms with van der Waals surface area (Å²) in [6, 6.07) is -0.131. The molecule has 1 aliphatic carbocycles. The fourth-order valence-corrected chi connectivity index (χ4v) is 2.91. The van der Waals surface area contributed by atoms with E-state index in [1.54, 1.807) is 13.8 Å². The number of aryl methyl sites for hydroxylation is 1. The number of methoxy groups -OCH3 is 1. The van der Waals surface area contributed by atoms with Crippen LogP contribution in [0.3, 0.4) is 0 Å². The molecule has 136 valence electrons. The SMILES string of the molecule is COc1cnc(-n2nc(C)c(F)c2C)nc1NC1CCC(F)(F)CC1. The van der Waals surface area contributed by atoms with Gasteiger partial charge in [0.1, 0.15) is 0 Å². The summed E-state index contributed by atoms with van der Waals surface area (Å²) in [7, 11) is 1.47. The molecule has 0 aliphatic heterocycles. The summed E-state index contributed by atoms with van der Waals surface area (Å²) in [6.07, 6.45) is 1.81. The predicted molar refractivity (Wildman–Crippen MR) is 86.0 cm³/mol. The van der Waals surface area contributed by atoms with Crippen LogP contribution in [0.15, 0.2) is 6.20 Å². The van der Waals surface area contributed by atoms with Gasteiger partial charge in [-0.2, -0.15) is 14.8 Å². The lowest BCUT2D eigenvalue weighted by molar-refractivity contribution is -0.0361. The molecule has 2 aromatic rings. The van der Waals surface area contributed by atoms with Crippen molar-refractivity contribution in [2.24, 2.45) is 0 Å². The molecule has 2 aromatic heterocycles. The first-order valence-electron chi connectivity index (χ1n) is 8.08. The van der Waals surface area contributed by atoms with E-state index in [1.165, 1.54) is 18.0 Å². The highest BCUT2D eigenvalue weighted by molar-refractivity contribution is 5.51. The summed E-state index contributed by atoms with van der Waals surface area (Å²) in [5.41, 5.74) is 0.548. The number of alkyl halides is 2. The lowest BCUT2D eigenvalue weighted by Gasteiger charge is -2.29. The Kier molecular flexibility index (Phi) is 4.57. The number of nitrogens with one attached hydrogen (secondary N) is 1. The Hall–Kier alpha value is -2.32. The number of rotatable bonds is 4. The van der Waals surface area contributed by atoms with Crippen LogP contribution in [0.25, 0.3) is 5.95 Å². The number of aromatic nitrogens is 4. The minimum Gasteiger partial charge on any atom is -0.491 e. The first-order valence-corrected chi connectivity index (χ1v) is 8.08. The van der Waals surface area contributed by atoms with Crippen molar-refractivity contribution in [1.29, 1.82) is 0 Å². The van der Waals surface area contributed by atoms with Gasteiger partial charge in [0.25, 0.3) is 5.95 Å².